The highest BCUT2D eigenvalue weighted by molar-refractivity contribution is 6.34. The summed E-state index contributed by atoms with van der Waals surface area (Å²) >= 11 is 5.95. The number of allylic oxidation sites excluding steroid dienone is 1. The summed E-state index contributed by atoms with van der Waals surface area (Å²) < 4.78 is 1.76. The van der Waals surface area contributed by atoms with Crippen LogP contribution in [0.4, 0.5) is 0 Å². The maximum Gasteiger partial charge on any atom is 0.163 e. The fraction of sp³-hybridized carbons (Fsp3) is 0.222. The number of aryl methyl sites for hydroxylation is 1. The Labute approximate surface area is 86.2 Å². The van der Waals surface area contributed by atoms with Crippen LogP contribution < -0.4 is 0 Å². The van der Waals surface area contributed by atoms with Gasteiger partial charge in [0.2, 0.25) is 0 Å². The molecule has 0 saturated carbocycles. The van der Waals surface area contributed by atoms with Gasteiger partial charge >= 0.3 is 0 Å². The molecule has 0 unspecified atom stereocenters. The van der Waals surface area contributed by atoms with Crippen molar-refractivity contribution in [3.63, 3.8) is 0 Å². The molecular weight excluding hydrogens is 200 g/mol. The monoisotopic (exact) mass is 208 g/mol. The molecule has 5 heteroatoms. The minimum absolute atomic E-state index is 0.447. The van der Waals surface area contributed by atoms with Crippen LogP contribution in [-0.2, 0) is 6.54 Å². The van der Waals surface area contributed by atoms with Gasteiger partial charge in [-0.05, 0) is 6.92 Å². The average Bonchev–Trinajstić information content (AvgIpc) is 2.46. The summed E-state index contributed by atoms with van der Waals surface area (Å²) in [6.45, 7) is 6.17. The average molecular weight is 209 g/mol. The van der Waals surface area contributed by atoms with E-state index in [1.807, 2.05) is 6.92 Å². The van der Waals surface area contributed by atoms with E-state index in [-0.39, 0.29) is 0 Å². The van der Waals surface area contributed by atoms with Gasteiger partial charge in [0.1, 0.15) is 11.5 Å². The first kappa shape index (κ1) is 9.15. The number of halogens is 1. The van der Waals surface area contributed by atoms with E-state index in [1.54, 1.807) is 10.8 Å². The number of hydrogen-bond acceptors (Lipinski definition) is 3. The predicted molar refractivity (Wildman–Crippen MR) is 55.3 cm³/mol. The summed E-state index contributed by atoms with van der Waals surface area (Å²) in [6, 6.07) is 0. The van der Waals surface area contributed by atoms with Crippen LogP contribution in [0.25, 0.3) is 11.0 Å². The first-order chi connectivity index (χ1) is 6.74. The first-order valence-corrected chi connectivity index (χ1v) is 4.56. The van der Waals surface area contributed by atoms with Crippen molar-refractivity contribution in [2.75, 3.05) is 0 Å². The van der Waals surface area contributed by atoms with Crippen molar-refractivity contribution in [1.82, 2.24) is 19.7 Å². The van der Waals surface area contributed by atoms with Crippen LogP contribution in [0.2, 0.25) is 5.15 Å². The third kappa shape index (κ3) is 1.28. The number of rotatable bonds is 2. The molecule has 14 heavy (non-hydrogen) atoms. The summed E-state index contributed by atoms with van der Waals surface area (Å²) in [6.07, 6.45) is 3.20. The van der Waals surface area contributed by atoms with E-state index in [9.17, 15) is 0 Å². The molecule has 0 radical (unpaired) electrons. The molecule has 0 saturated heterocycles. The summed E-state index contributed by atoms with van der Waals surface area (Å²) in [7, 11) is 0. The van der Waals surface area contributed by atoms with Gasteiger partial charge in [0.25, 0.3) is 0 Å². The third-order valence-corrected chi connectivity index (χ3v) is 2.25. The van der Waals surface area contributed by atoms with Gasteiger partial charge in [0.05, 0.1) is 17.6 Å². The van der Waals surface area contributed by atoms with Crippen molar-refractivity contribution >= 4 is 22.6 Å². The fourth-order valence-electron chi connectivity index (χ4n) is 1.39. The number of nitrogens with zero attached hydrogens (tertiary/aromatic N) is 4. The summed E-state index contributed by atoms with van der Waals surface area (Å²) in [4.78, 5) is 8.06. The van der Waals surface area contributed by atoms with E-state index in [0.29, 0.717) is 11.7 Å². The van der Waals surface area contributed by atoms with E-state index in [0.717, 1.165) is 16.7 Å². The topological polar surface area (TPSA) is 43.6 Å². The van der Waals surface area contributed by atoms with Gasteiger partial charge in [-0.15, -0.1) is 6.58 Å². The molecular formula is C9H9ClN4. The lowest BCUT2D eigenvalue weighted by Gasteiger charge is -1.96. The van der Waals surface area contributed by atoms with Crippen molar-refractivity contribution in [1.29, 1.82) is 0 Å². The largest absolute Gasteiger partial charge is 0.243 e. The first-order valence-electron chi connectivity index (χ1n) is 4.18. The molecule has 72 valence electrons. The Hall–Kier alpha value is -1.42. The lowest BCUT2D eigenvalue weighted by molar-refractivity contribution is 0.711. The minimum atomic E-state index is 0.447. The number of hydrogen-bond donors (Lipinski definition) is 0. The molecule has 0 fully saturated rings. The molecule has 0 aliphatic heterocycles. The van der Waals surface area contributed by atoms with Gasteiger partial charge in [-0.2, -0.15) is 5.10 Å². The van der Waals surface area contributed by atoms with Gasteiger partial charge in [-0.3, -0.25) is 0 Å². The highest BCUT2D eigenvalue weighted by Gasteiger charge is 2.11. The van der Waals surface area contributed by atoms with E-state index in [1.165, 1.54) is 6.33 Å². The van der Waals surface area contributed by atoms with Crippen LogP contribution in [0.3, 0.4) is 0 Å². The zero-order chi connectivity index (χ0) is 10.1. The van der Waals surface area contributed by atoms with E-state index in [2.05, 4.69) is 21.6 Å². The molecule has 0 bridgehead atoms. The Morgan fingerprint density at radius 3 is 3.07 bits per heavy atom. The van der Waals surface area contributed by atoms with Crippen LogP contribution in [0.15, 0.2) is 19.0 Å². The van der Waals surface area contributed by atoms with Crippen LogP contribution in [0, 0.1) is 6.92 Å². The van der Waals surface area contributed by atoms with Crippen LogP contribution >= 0.6 is 11.6 Å². The van der Waals surface area contributed by atoms with Gasteiger partial charge in [0.15, 0.2) is 5.65 Å². The molecule has 0 spiro atoms. The van der Waals surface area contributed by atoms with Crippen molar-refractivity contribution in [2.45, 2.75) is 13.5 Å². The van der Waals surface area contributed by atoms with Crippen molar-refractivity contribution in [3.8, 4) is 0 Å². The van der Waals surface area contributed by atoms with E-state index < -0.39 is 0 Å². The molecule has 0 aliphatic rings. The maximum atomic E-state index is 5.95. The maximum absolute atomic E-state index is 5.95. The Balaban J connectivity index is 2.77. The molecule has 4 nitrogen and oxygen atoms in total. The predicted octanol–water partition coefficient (Wildman–Crippen LogP) is 1.97. The zero-order valence-electron chi connectivity index (χ0n) is 7.74. The standard InChI is InChI=1S/C9H9ClN4/c1-3-4-14-9-7(6(2)13-14)8(10)11-5-12-9/h3,5H,1,4H2,2H3. The number of fused-ring (bicyclic) bond motifs is 1. The lowest BCUT2D eigenvalue weighted by Crippen LogP contribution is -1.98. The normalized spacial score (nSPS) is 10.7. The van der Waals surface area contributed by atoms with Crippen LogP contribution in [-0.4, -0.2) is 19.7 Å². The smallest absolute Gasteiger partial charge is 0.163 e. The zero-order valence-corrected chi connectivity index (χ0v) is 8.49. The van der Waals surface area contributed by atoms with Gasteiger partial charge in [-0.1, -0.05) is 17.7 Å². The second kappa shape index (κ2) is 3.38. The molecule has 2 aromatic rings. The summed E-state index contributed by atoms with van der Waals surface area (Å²) in [5, 5.41) is 5.56. The molecule has 2 aromatic heterocycles. The minimum Gasteiger partial charge on any atom is -0.243 e. The lowest BCUT2D eigenvalue weighted by atomic mass is 10.3. The summed E-state index contributed by atoms with van der Waals surface area (Å²) in [5.41, 5.74) is 1.59. The second-order valence-electron chi connectivity index (χ2n) is 2.92. The van der Waals surface area contributed by atoms with E-state index >= 15 is 0 Å². The van der Waals surface area contributed by atoms with Gasteiger partial charge in [-0.25, -0.2) is 14.6 Å². The molecule has 0 N–H and O–H groups in total. The van der Waals surface area contributed by atoms with Crippen molar-refractivity contribution in [2.24, 2.45) is 0 Å². The van der Waals surface area contributed by atoms with E-state index in [4.69, 9.17) is 11.6 Å². The fourth-order valence-corrected chi connectivity index (χ4v) is 1.66. The molecule has 0 aliphatic carbocycles. The SMILES string of the molecule is C=CCn1nc(C)c2c(Cl)ncnc21. The van der Waals surface area contributed by atoms with Gasteiger partial charge < -0.3 is 0 Å². The molecule has 0 aromatic carbocycles. The highest BCUT2D eigenvalue weighted by atomic mass is 35.5. The Morgan fingerprint density at radius 2 is 2.36 bits per heavy atom. The molecule has 2 heterocycles. The molecule has 0 atom stereocenters. The number of aromatic nitrogens is 4. The Morgan fingerprint density at radius 1 is 1.57 bits per heavy atom. The summed E-state index contributed by atoms with van der Waals surface area (Å²) in [5.74, 6) is 0. The Bertz CT molecular complexity index is 489. The molecule has 0 amide bonds. The highest BCUT2D eigenvalue weighted by Crippen LogP contribution is 2.22. The molecule has 2 rings (SSSR count). The van der Waals surface area contributed by atoms with Crippen molar-refractivity contribution in [3.05, 3.63) is 29.8 Å². The second-order valence-corrected chi connectivity index (χ2v) is 3.28. The third-order valence-electron chi connectivity index (χ3n) is 1.96. The Kier molecular flexibility index (Phi) is 2.21. The van der Waals surface area contributed by atoms with Crippen LogP contribution in [0.1, 0.15) is 5.69 Å². The quantitative estimate of drug-likeness (QED) is 0.560. The van der Waals surface area contributed by atoms with Gasteiger partial charge in [0, 0.05) is 0 Å². The van der Waals surface area contributed by atoms with Crippen LogP contribution in [0.5, 0.6) is 0 Å². The van der Waals surface area contributed by atoms with Crippen molar-refractivity contribution < 1.29 is 0 Å².